The van der Waals surface area contributed by atoms with E-state index in [1.165, 1.54) is 37.0 Å². The molecule has 2 aromatic heterocycles. The molecule has 2 heterocycles. The molecule has 1 aliphatic rings. The minimum Gasteiger partial charge on any atom is -0.340 e. The Hall–Kier alpha value is -2.18. The molecule has 0 radical (unpaired) electrons. The van der Waals surface area contributed by atoms with Crippen LogP contribution in [-0.4, -0.2) is 15.9 Å². The van der Waals surface area contributed by atoms with Gasteiger partial charge in [0.2, 0.25) is 5.91 Å². The van der Waals surface area contributed by atoms with Crippen LogP contribution in [0.5, 0.6) is 0 Å². The zero-order valence-corrected chi connectivity index (χ0v) is 16.4. The van der Waals surface area contributed by atoms with Gasteiger partial charge >= 0.3 is 0 Å². The van der Waals surface area contributed by atoms with Crippen molar-refractivity contribution in [1.82, 2.24) is 9.97 Å². The summed E-state index contributed by atoms with van der Waals surface area (Å²) in [7, 11) is 0. The number of hydrogen-bond donors (Lipinski definition) is 2. The number of aromatic nitrogens is 2. The van der Waals surface area contributed by atoms with Crippen LogP contribution in [0.4, 0.5) is 16.6 Å². The van der Waals surface area contributed by atoms with Crippen molar-refractivity contribution in [1.29, 1.82) is 0 Å². The first-order valence-corrected chi connectivity index (χ1v) is 10.5. The Morgan fingerprint density at radius 2 is 1.89 bits per heavy atom. The highest BCUT2D eigenvalue weighted by molar-refractivity contribution is 7.22. The standard InChI is InChI=1S/C20H21ClN4OS/c21-14-6-8-15(9-7-14)22-17-11-10-16-19(24-17)27-20(23-16)25-18(26)12-5-13-3-1-2-4-13/h6-11,13H,1-5,12H2,(H,22,24)(H,23,25,26). The first-order chi connectivity index (χ1) is 13.2. The molecule has 140 valence electrons. The van der Waals surface area contributed by atoms with E-state index in [-0.39, 0.29) is 5.91 Å². The van der Waals surface area contributed by atoms with Crippen LogP contribution in [0.1, 0.15) is 38.5 Å². The van der Waals surface area contributed by atoms with Crippen LogP contribution in [-0.2, 0) is 4.79 Å². The number of carbonyl (C=O) groups is 1. The maximum atomic E-state index is 12.2. The molecule has 2 N–H and O–H groups in total. The van der Waals surface area contributed by atoms with E-state index in [0.29, 0.717) is 22.5 Å². The topological polar surface area (TPSA) is 66.9 Å². The minimum absolute atomic E-state index is 0.0421. The van der Waals surface area contributed by atoms with E-state index in [1.54, 1.807) is 0 Å². The third kappa shape index (κ3) is 4.76. The molecule has 4 rings (SSSR count). The van der Waals surface area contributed by atoms with Crippen LogP contribution in [0, 0.1) is 5.92 Å². The minimum atomic E-state index is 0.0421. The number of anilines is 3. The van der Waals surface area contributed by atoms with Gasteiger partial charge in [0.15, 0.2) is 5.13 Å². The number of thiazole rings is 1. The van der Waals surface area contributed by atoms with Crippen molar-refractivity contribution in [3.63, 3.8) is 0 Å². The van der Waals surface area contributed by atoms with E-state index in [9.17, 15) is 4.79 Å². The maximum absolute atomic E-state index is 12.2. The largest absolute Gasteiger partial charge is 0.340 e. The molecule has 0 saturated heterocycles. The molecule has 0 bridgehead atoms. The van der Waals surface area contributed by atoms with Crippen LogP contribution in [0.25, 0.3) is 10.3 Å². The Morgan fingerprint density at radius 1 is 1.11 bits per heavy atom. The molecule has 1 fully saturated rings. The Morgan fingerprint density at radius 3 is 2.67 bits per heavy atom. The number of hydrogen-bond acceptors (Lipinski definition) is 5. The average molecular weight is 401 g/mol. The van der Waals surface area contributed by atoms with Gasteiger partial charge in [0.05, 0.1) is 0 Å². The summed E-state index contributed by atoms with van der Waals surface area (Å²) in [5, 5.41) is 7.47. The van der Waals surface area contributed by atoms with Crippen LogP contribution in [0.15, 0.2) is 36.4 Å². The Balaban J connectivity index is 1.39. The summed E-state index contributed by atoms with van der Waals surface area (Å²) < 4.78 is 0. The number of amides is 1. The average Bonchev–Trinajstić information content (AvgIpc) is 3.31. The van der Waals surface area contributed by atoms with Gasteiger partial charge in [-0.25, -0.2) is 9.97 Å². The Kier molecular flexibility index (Phi) is 5.55. The van der Waals surface area contributed by atoms with Crippen molar-refractivity contribution in [2.45, 2.75) is 38.5 Å². The van der Waals surface area contributed by atoms with E-state index >= 15 is 0 Å². The third-order valence-corrected chi connectivity index (χ3v) is 6.01. The van der Waals surface area contributed by atoms with E-state index in [1.807, 2.05) is 36.4 Å². The lowest BCUT2D eigenvalue weighted by Crippen LogP contribution is -2.12. The summed E-state index contributed by atoms with van der Waals surface area (Å²) in [4.78, 5) is 22.0. The van der Waals surface area contributed by atoms with Crippen molar-refractivity contribution in [3.05, 3.63) is 41.4 Å². The Bertz CT molecular complexity index is 935. The van der Waals surface area contributed by atoms with Gasteiger partial charge < -0.3 is 10.6 Å². The van der Waals surface area contributed by atoms with Crippen molar-refractivity contribution < 1.29 is 4.79 Å². The fraction of sp³-hybridized carbons (Fsp3) is 0.350. The first-order valence-electron chi connectivity index (χ1n) is 9.26. The molecule has 0 atom stereocenters. The van der Waals surface area contributed by atoms with Gasteiger partial charge in [-0.1, -0.05) is 48.6 Å². The van der Waals surface area contributed by atoms with Crippen molar-refractivity contribution in [2.24, 2.45) is 5.92 Å². The molecule has 0 aliphatic heterocycles. The number of rotatable bonds is 6. The number of nitrogens with zero attached hydrogens (tertiary/aromatic N) is 2. The van der Waals surface area contributed by atoms with E-state index in [4.69, 9.17) is 11.6 Å². The van der Waals surface area contributed by atoms with Crippen LogP contribution in [0.2, 0.25) is 5.02 Å². The molecular weight excluding hydrogens is 380 g/mol. The SMILES string of the molecule is O=C(CCC1CCCC1)Nc1nc2ccc(Nc3ccc(Cl)cc3)nc2s1. The third-order valence-electron chi connectivity index (χ3n) is 4.87. The van der Waals surface area contributed by atoms with Gasteiger partial charge in [-0.05, 0) is 48.7 Å². The molecule has 1 amide bonds. The van der Waals surface area contributed by atoms with Gasteiger partial charge in [0, 0.05) is 17.1 Å². The van der Waals surface area contributed by atoms with Crippen LogP contribution < -0.4 is 10.6 Å². The summed E-state index contributed by atoms with van der Waals surface area (Å²) in [5.41, 5.74) is 1.70. The fourth-order valence-electron chi connectivity index (χ4n) is 3.44. The molecule has 27 heavy (non-hydrogen) atoms. The van der Waals surface area contributed by atoms with Gasteiger partial charge in [0.25, 0.3) is 0 Å². The lowest BCUT2D eigenvalue weighted by Gasteiger charge is -2.07. The highest BCUT2D eigenvalue weighted by atomic mass is 35.5. The molecular formula is C20H21ClN4OS. The highest BCUT2D eigenvalue weighted by Gasteiger charge is 2.17. The smallest absolute Gasteiger partial charge is 0.226 e. The number of nitrogens with one attached hydrogen (secondary N) is 2. The predicted molar refractivity (Wildman–Crippen MR) is 112 cm³/mol. The number of fused-ring (bicyclic) bond motifs is 1. The normalized spacial score (nSPS) is 14.6. The number of benzene rings is 1. The van der Waals surface area contributed by atoms with Crippen LogP contribution in [0.3, 0.4) is 0 Å². The monoisotopic (exact) mass is 400 g/mol. The van der Waals surface area contributed by atoms with E-state index in [0.717, 1.165) is 28.3 Å². The quantitative estimate of drug-likeness (QED) is 0.532. The molecule has 3 aromatic rings. The first kappa shape index (κ1) is 18.2. The molecule has 0 spiro atoms. The number of pyridine rings is 1. The van der Waals surface area contributed by atoms with Gasteiger partial charge in [0.1, 0.15) is 16.2 Å². The highest BCUT2D eigenvalue weighted by Crippen LogP contribution is 2.30. The molecule has 7 heteroatoms. The lowest BCUT2D eigenvalue weighted by molar-refractivity contribution is -0.116. The molecule has 1 aliphatic carbocycles. The van der Waals surface area contributed by atoms with E-state index < -0.39 is 0 Å². The number of halogens is 1. The summed E-state index contributed by atoms with van der Waals surface area (Å²) >= 11 is 7.31. The fourth-order valence-corrected chi connectivity index (χ4v) is 4.42. The van der Waals surface area contributed by atoms with Gasteiger partial charge in [-0.15, -0.1) is 0 Å². The second kappa shape index (κ2) is 8.23. The summed E-state index contributed by atoms with van der Waals surface area (Å²) in [6, 6.07) is 11.2. The summed E-state index contributed by atoms with van der Waals surface area (Å²) in [6.45, 7) is 0. The predicted octanol–water partition coefficient (Wildman–Crippen LogP) is 6.00. The number of carbonyl (C=O) groups excluding carboxylic acids is 1. The van der Waals surface area contributed by atoms with Crippen molar-refractivity contribution >= 4 is 55.8 Å². The lowest BCUT2D eigenvalue weighted by atomic mass is 10.0. The zero-order valence-electron chi connectivity index (χ0n) is 14.9. The molecule has 0 unspecified atom stereocenters. The van der Waals surface area contributed by atoms with Gasteiger partial charge in [-0.3, -0.25) is 4.79 Å². The van der Waals surface area contributed by atoms with Crippen molar-refractivity contribution in [3.8, 4) is 0 Å². The Labute approximate surface area is 167 Å². The molecule has 5 nitrogen and oxygen atoms in total. The maximum Gasteiger partial charge on any atom is 0.226 e. The second-order valence-electron chi connectivity index (χ2n) is 6.91. The summed E-state index contributed by atoms with van der Waals surface area (Å²) in [6.07, 6.45) is 6.69. The molecule has 1 aromatic carbocycles. The summed E-state index contributed by atoms with van der Waals surface area (Å²) in [5.74, 6) is 1.49. The van der Waals surface area contributed by atoms with Crippen LogP contribution >= 0.6 is 22.9 Å². The zero-order chi connectivity index (χ0) is 18.6. The second-order valence-corrected chi connectivity index (χ2v) is 8.32. The van der Waals surface area contributed by atoms with E-state index in [2.05, 4.69) is 20.6 Å². The molecule has 1 saturated carbocycles. The van der Waals surface area contributed by atoms with Crippen molar-refractivity contribution in [2.75, 3.05) is 10.6 Å². The van der Waals surface area contributed by atoms with Gasteiger partial charge in [-0.2, -0.15) is 0 Å².